The van der Waals surface area contributed by atoms with Crippen molar-refractivity contribution in [2.75, 3.05) is 18.5 Å². The minimum atomic E-state index is -0.187. The van der Waals surface area contributed by atoms with Crippen LogP contribution in [0.3, 0.4) is 0 Å². The highest BCUT2D eigenvalue weighted by Crippen LogP contribution is 2.17. The van der Waals surface area contributed by atoms with Gasteiger partial charge in [-0.05, 0) is 54.3 Å². The van der Waals surface area contributed by atoms with E-state index in [1.807, 2.05) is 48.5 Å². The van der Waals surface area contributed by atoms with Crippen molar-refractivity contribution in [1.29, 1.82) is 0 Å². The summed E-state index contributed by atoms with van der Waals surface area (Å²) in [6, 6.07) is 15.1. The highest BCUT2D eigenvalue weighted by molar-refractivity contribution is 5.91. The van der Waals surface area contributed by atoms with Gasteiger partial charge in [0.1, 0.15) is 11.5 Å². The Morgan fingerprint density at radius 2 is 1.79 bits per heavy atom. The second-order valence-electron chi connectivity index (χ2n) is 6.07. The van der Waals surface area contributed by atoms with E-state index < -0.39 is 0 Å². The average Bonchev–Trinajstić information content (AvgIpc) is 2.59. The quantitative estimate of drug-likeness (QED) is 0.786. The molecule has 0 spiro atoms. The van der Waals surface area contributed by atoms with Crippen LogP contribution in [0.2, 0.25) is 0 Å². The Morgan fingerprint density at radius 3 is 2.46 bits per heavy atom. The van der Waals surface area contributed by atoms with Crippen molar-refractivity contribution in [2.45, 2.75) is 27.2 Å². The lowest BCUT2D eigenvalue weighted by molar-refractivity contribution is -0.118. The van der Waals surface area contributed by atoms with Crippen LogP contribution in [0.5, 0.6) is 11.5 Å². The number of carbonyl (C=O) groups excluding carboxylic acids is 1. The maximum atomic E-state index is 12.0. The van der Waals surface area contributed by atoms with E-state index >= 15 is 0 Å². The second kappa shape index (κ2) is 8.96. The zero-order chi connectivity index (χ0) is 17.4. The number of nitrogens with one attached hydrogen (secondary N) is 1. The molecule has 2 rings (SSSR count). The first-order valence-electron chi connectivity index (χ1n) is 8.31. The van der Waals surface area contributed by atoms with Crippen LogP contribution in [-0.4, -0.2) is 19.1 Å². The number of carbonyl (C=O) groups is 1. The van der Waals surface area contributed by atoms with E-state index in [9.17, 15) is 4.79 Å². The molecule has 0 aliphatic heterocycles. The van der Waals surface area contributed by atoms with E-state index in [0.717, 1.165) is 17.9 Å². The molecule has 0 fully saturated rings. The first-order valence-corrected chi connectivity index (χ1v) is 8.31. The molecule has 0 saturated carbocycles. The van der Waals surface area contributed by atoms with Crippen LogP contribution in [0.4, 0.5) is 5.69 Å². The Morgan fingerprint density at radius 1 is 1.04 bits per heavy atom. The first-order chi connectivity index (χ1) is 11.6. The van der Waals surface area contributed by atoms with Crippen molar-refractivity contribution in [3.8, 4) is 11.5 Å². The van der Waals surface area contributed by atoms with E-state index in [1.165, 1.54) is 5.56 Å². The molecule has 128 valence electrons. The summed E-state index contributed by atoms with van der Waals surface area (Å²) in [6.45, 7) is 6.95. The Bertz CT molecular complexity index is 650. The smallest absolute Gasteiger partial charge is 0.262 e. The molecule has 0 atom stereocenters. The number of rotatable bonds is 8. The van der Waals surface area contributed by atoms with Crippen LogP contribution in [0, 0.1) is 5.92 Å². The molecule has 4 nitrogen and oxygen atoms in total. The van der Waals surface area contributed by atoms with Crippen molar-refractivity contribution < 1.29 is 14.3 Å². The number of aryl methyl sites for hydroxylation is 1. The fourth-order valence-corrected chi connectivity index (χ4v) is 2.10. The van der Waals surface area contributed by atoms with E-state index in [2.05, 4.69) is 26.1 Å². The van der Waals surface area contributed by atoms with Gasteiger partial charge in [-0.15, -0.1) is 0 Å². The van der Waals surface area contributed by atoms with Crippen LogP contribution in [0.25, 0.3) is 0 Å². The van der Waals surface area contributed by atoms with Crippen molar-refractivity contribution >= 4 is 11.6 Å². The molecule has 1 N–H and O–H groups in total. The number of hydrogen-bond donors (Lipinski definition) is 1. The van der Waals surface area contributed by atoms with Crippen molar-refractivity contribution in [3.05, 3.63) is 54.1 Å². The SMILES string of the molecule is CCc1cccc(OCC(=O)Nc2ccc(OCC(C)C)cc2)c1. The third kappa shape index (κ3) is 5.95. The summed E-state index contributed by atoms with van der Waals surface area (Å²) in [6.07, 6.45) is 0.939. The fourth-order valence-electron chi connectivity index (χ4n) is 2.10. The number of benzene rings is 2. The number of anilines is 1. The zero-order valence-electron chi connectivity index (χ0n) is 14.5. The molecule has 24 heavy (non-hydrogen) atoms. The molecule has 0 heterocycles. The topological polar surface area (TPSA) is 47.6 Å². The number of hydrogen-bond acceptors (Lipinski definition) is 3. The van der Waals surface area contributed by atoms with Gasteiger partial charge in [-0.25, -0.2) is 0 Å². The molecule has 0 aliphatic carbocycles. The van der Waals surface area contributed by atoms with E-state index in [-0.39, 0.29) is 12.5 Å². The van der Waals surface area contributed by atoms with Gasteiger partial charge in [-0.1, -0.05) is 32.9 Å². The molecule has 0 aliphatic rings. The molecule has 0 unspecified atom stereocenters. The highest BCUT2D eigenvalue weighted by Gasteiger charge is 2.05. The third-order valence-corrected chi connectivity index (χ3v) is 3.40. The van der Waals surface area contributed by atoms with Crippen LogP contribution in [0.15, 0.2) is 48.5 Å². The van der Waals surface area contributed by atoms with Crippen LogP contribution in [0.1, 0.15) is 26.3 Å². The Labute approximate surface area is 143 Å². The summed E-state index contributed by atoms with van der Waals surface area (Å²) in [5.41, 5.74) is 1.91. The average molecular weight is 327 g/mol. The summed E-state index contributed by atoms with van der Waals surface area (Å²) in [4.78, 5) is 12.0. The fraction of sp³-hybridized carbons (Fsp3) is 0.350. The Kier molecular flexibility index (Phi) is 6.67. The molecule has 0 bridgehead atoms. The standard InChI is InChI=1S/C20H25NO3/c1-4-16-6-5-7-19(12-16)24-14-20(22)21-17-8-10-18(11-9-17)23-13-15(2)3/h5-12,15H,4,13-14H2,1-3H3,(H,21,22). The zero-order valence-corrected chi connectivity index (χ0v) is 14.5. The molecule has 0 radical (unpaired) electrons. The van der Waals surface area contributed by atoms with E-state index in [0.29, 0.717) is 18.3 Å². The molecule has 2 aromatic carbocycles. The molecule has 1 amide bonds. The van der Waals surface area contributed by atoms with Gasteiger partial charge in [0.05, 0.1) is 6.61 Å². The predicted octanol–water partition coefficient (Wildman–Crippen LogP) is 4.30. The summed E-state index contributed by atoms with van der Waals surface area (Å²) in [7, 11) is 0. The Balaban J connectivity index is 1.81. The molecule has 4 heteroatoms. The van der Waals surface area contributed by atoms with Gasteiger partial charge < -0.3 is 14.8 Å². The van der Waals surface area contributed by atoms with Gasteiger partial charge >= 0.3 is 0 Å². The first kappa shape index (κ1) is 17.9. The minimum Gasteiger partial charge on any atom is -0.493 e. The molecule has 2 aromatic rings. The third-order valence-electron chi connectivity index (χ3n) is 3.40. The predicted molar refractivity (Wildman–Crippen MR) is 96.7 cm³/mol. The monoisotopic (exact) mass is 327 g/mol. The second-order valence-corrected chi connectivity index (χ2v) is 6.07. The largest absolute Gasteiger partial charge is 0.493 e. The van der Waals surface area contributed by atoms with E-state index in [4.69, 9.17) is 9.47 Å². The highest BCUT2D eigenvalue weighted by atomic mass is 16.5. The lowest BCUT2D eigenvalue weighted by Gasteiger charge is -2.10. The lowest BCUT2D eigenvalue weighted by Crippen LogP contribution is -2.20. The van der Waals surface area contributed by atoms with E-state index in [1.54, 1.807) is 0 Å². The van der Waals surface area contributed by atoms with Gasteiger partial charge in [-0.3, -0.25) is 4.79 Å². The molecular weight excluding hydrogens is 302 g/mol. The minimum absolute atomic E-state index is 0.0151. The van der Waals surface area contributed by atoms with Crippen molar-refractivity contribution in [1.82, 2.24) is 0 Å². The van der Waals surface area contributed by atoms with Crippen molar-refractivity contribution in [3.63, 3.8) is 0 Å². The van der Waals surface area contributed by atoms with Crippen LogP contribution >= 0.6 is 0 Å². The van der Waals surface area contributed by atoms with Crippen LogP contribution in [-0.2, 0) is 11.2 Å². The summed E-state index contributed by atoms with van der Waals surface area (Å²) >= 11 is 0. The van der Waals surface area contributed by atoms with Crippen LogP contribution < -0.4 is 14.8 Å². The normalized spacial score (nSPS) is 10.5. The van der Waals surface area contributed by atoms with Gasteiger partial charge in [0.25, 0.3) is 5.91 Å². The summed E-state index contributed by atoms with van der Waals surface area (Å²) in [5, 5.41) is 2.81. The summed E-state index contributed by atoms with van der Waals surface area (Å²) < 4.78 is 11.2. The van der Waals surface area contributed by atoms with Gasteiger partial charge in [0.2, 0.25) is 0 Å². The maximum absolute atomic E-state index is 12.0. The number of ether oxygens (including phenoxy) is 2. The molecule has 0 aromatic heterocycles. The van der Waals surface area contributed by atoms with Gasteiger partial charge in [0.15, 0.2) is 6.61 Å². The Hall–Kier alpha value is -2.49. The molecule has 0 saturated heterocycles. The maximum Gasteiger partial charge on any atom is 0.262 e. The van der Waals surface area contributed by atoms with Gasteiger partial charge in [-0.2, -0.15) is 0 Å². The molecular formula is C20H25NO3. The summed E-state index contributed by atoms with van der Waals surface area (Å²) in [5.74, 6) is 1.80. The number of amides is 1. The van der Waals surface area contributed by atoms with Gasteiger partial charge in [0, 0.05) is 5.69 Å². The van der Waals surface area contributed by atoms with Crippen molar-refractivity contribution in [2.24, 2.45) is 5.92 Å². The lowest BCUT2D eigenvalue weighted by atomic mass is 10.2.